The highest BCUT2D eigenvalue weighted by Gasteiger charge is 1.87. The molecule has 1 radical (unpaired) electrons. The normalized spacial score (nSPS) is 8.44. The van der Waals surface area contributed by atoms with Crippen LogP contribution < -0.4 is 0 Å². The number of nitrogens with zero attached hydrogens (tertiary/aromatic N) is 1. The van der Waals surface area contributed by atoms with E-state index in [-0.39, 0.29) is 0 Å². The third-order valence-corrected chi connectivity index (χ3v) is 1.17. The van der Waals surface area contributed by atoms with Gasteiger partial charge in [0, 0.05) is 4.90 Å². The van der Waals surface area contributed by atoms with Gasteiger partial charge in [0.1, 0.15) is 0 Å². The van der Waals surface area contributed by atoms with Gasteiger partial charge < -0.3 is 0 Å². The molecule has 1 aromatic carbocycles. The number of rotatable bonds is 0. The summed E-state index contributed by atoms with van der Waals surface area (Å²) in [7, 11) is 0. The van der Waals surface area contributed by atoms with Crippen LogP contribution in [0, 0.1) is 17.4 Å². The van der Waals surface area contributed by atoms with Crippen molar-refractivity contribution >= 4 is 12.6 Å². The Morgan fingerprint density at radius 2 is 2.44 bits per heavy atom. The van der Waals surface area contributed by atoms with Crippen molar-refractivity contribution in [2.24, 2.45) is 0 Å². The van der Waals surface area contributed by atoms with Gasteiger partial charge in [-0.05, 0) is 18.2 Å². The van der Waals surface area contributed by atoms with E-state index in [0.29, 0.717) is 10.5 Å². The van der Waals surface area contributed by atoms with Crippen molar-refractivity contribution in [3.63, 3.8) is 0 Å². The summed E-state index contributed by atoms with van der Waals surface area (Å²) < 4.78 is 0. The van der Waals surface area contributed by atoms with Gasteiger partial charge in [0.2, 0.25) is 0 Å². The summed E-state index contributed by atoms with van der Waals surface area (Å²) in [5, 5.41) is 8.36. The molecule has 0 aliphatic heterocycles. The lowest BCUT2D eigenvalue weighted by Crippen LogP contribution is -1.71. The highest BCUT2D eigenvalue weighted by atomic mass is 32.1. The SMILES string of the molecule is N#Cc1cc[c]c(S)c1. The molecule has 0 spiro atoms. The summed E-state index contributed by atoms with van der Waals surface area (Å²) in [6.45, 7) is 0. The average molecular weight is 134 g/mol. The van der Waals surface area contributed by atoms with Gasteiger partial charge in [-0.3, -0.25) is 0 Å². The van der Waals surface area contributed by atoms with Crippen LogP contribution in [0.1, 0.15) is 5.56 Å². The van der Waals surface area contributed by atoms with E-state index in [1.54, 1.807) is 18.2 Å². The smallest absolute Gasteiger partial charge is 0.0992 e. The second kappa shape index (κ2) is 2.56. The summed E-state index contributed by atoms with van der Waals surface area (Å²) in [6.07, 6.45) is 0. The minimum absolute atomic E-state index is 0.624. The van der Waals surface area contributed by atoms with Gasteiger partial charge in [-0.15, -0.1) is 12.6 Å². The topological polar surface area (TPSA) is 23.8 Å². The fourth-order valence-corrected chi connectivity index (χ4v) is 0.737. The molecule has 9 heavy (non-hydrogen) atoms. The lowest BCUT2D eigenvalue weighted by molar-refractivity contribution is 1.40. The second-order valence-electron chi connectivity index (χ2n) is 1.57. The van der Waals surface area contributed by atoms with Crippen molar-refractivity contribution < 1.29 is 0 Å². The van der Waals surface area contributed by atoms with Gasteiger partial charge >= 0.3 is 0 Å². The van der Waals surface area contributed by atoms with Crippen LogP contribution in [-0.2, 0) is 0 Å². The number of nitriles is 1. The molecule has 0 aliphatic carbocycles. The third kappa shape index (κ3) is 1.48. The van der Waals surface area contributed by atoms with Crippen molar-refractivity contribution in [3.05, 3.63) is 29.8 Å². The van der Waals surface area contributed by atoms with Gasteiger partial charge in [0.25, 0.3) is 0 Å². The molecule has 0 atom stereocenters. The Morgan fingerprint density at radius 3 is 2.89 bits per heavy atom. The molecule has 1 rings (SSSR count). The van der Waals surface area contributed by atoms with E-state index < -0.39 is 0 Å². The van der Waals surface area contributed by atoms with Gasteiger partial charge in [-0.2, -0.15) is 5.26 Å². The Morgan fingerprint density at radius 1 is 1.67 bits per heavy atom. The first-order valence-corrected chi connectivity index (χ1v) is 2.88. The van der Waals surface area contributed by atoms with Crippen LogP contribution in [0.25, 0.3) is 0 Å². The molecular formula is C7H4NS. The van der Waals surface area contributed by atoms with Gasteiger partial charge in [-0.25, -0.2) is 0 Å². The molecule has 0 aromatic heterocycles. The molecule has 0 N–H and O–H groups in total. The zero-order valence-corrected chi connectivity index (χ0v) is 5.52. The highest BCUT2D eigenvalue weighted by molar-refractivity contribution is 7.80. The van der Waals surface area contributed by atoms with E-state index in [9.17, 15) is 0 Å². The van der Waals surface area contributed by atoms with E-state index in [1.165, 1.54) is 0 Å². The van der Waals surface area contributed by atoms with Crippen molar-refractivity contribution in [2.45, 2.75) is 4.90 Å². The number of benzene rings is 1. The highest BCUT2D eigenvalue weighted by Crippen LogP contribution is 2.05. The van der Waals surface area contributed by atoms with E-state index in [2.05, 4.69) is 18.7 Å². The zero-order chi connectivity index (χ0) is 6.69. The Balaban J connectivity index is 3.12. The first-order chi connectivity index (χ1) is 4.33. The molecule has 0 aliphatic rings. The molecule has 2 heteroatoms. The summed E-state index contributed by atoms with van der Waals surface area (Å²) in [5.41, 5.74) is 0.624. The van der Waals surface area contributed by atoms with Crippen LogP contribution >= 0.6 is 12.6 Å². The van der Waals surface area contributed by atoms with Crippen molar-refractivity contribution in [1.29, 1.82) is 5.26 Å². The lowest BCUT2D eigenvalue weighted by Gasteiger charge is -1.87. The first kappa shape index (κ1) is 6.18. The van der Waals surface area contributed by atoms with Crippen molar-refractivity contribution in [1.82, 2.24) is 0 Å². The molecule has 0 bridgehead atoms. The molecule has 43 valence electrons. The van der Waals surface area contributed by atoms with E-state index in [1.807, 2.05) is 6.07 Å². The number of hydrogen-bond acceptors (Lipinski definition) is 2. The molecule has 0 amide bonds. The molecule has 0 heterocycles. The van der Waals surface area contributed by atoms with Crippen LogP contribution in [0.3, 0.4) is 0 Å². The fourth-order valence-electron chi connectivity index (χ4n) is 0.523. The Bertz CT molecular complexity index is 249. The number of hydrogen-bond donors (Lipinski definition) is 1. The van der Waals surface area contributed by atoms with E-state index in [4.69, 9.17) is 5.26 Å². The average Bonchev–Trinajstić information content (AvgIpc) is 1.88. The Hall–Kier alpha value is -0.940. The van der Waals surface area contributed by atoms with Crippen molar-refractivity contribution in [2.75, 3.05) is 0 Å². The monoisotopic (exact) mass is 134 g/mol. The molecule has 1 nitrogen and oxygen atoms in total. The second-order valence-corrected chi connectivity index (χ2v) is 2.06. The zero-order valence-electron chi connectivity index (χ0n) is 4.63. The van der Waals surface area contributed by atoms with Crippen LogP contribution in [-0.4, -0.2) is 0 Å². The third-order valence-electron chi connectivity index (χ3n) is 0.915. The number of thiol groups is 1. The summed E-state index contributed by atoms with van der Waals surface area (Å²) in [6, 6.07) is 9.86. The quantitative estimate of drug-likeness (QED) is 0.536. The van der Waals surface area contributed by atoms with Crippen LogP contribution in [0.4, 0.5) is 0 Å². The molecule has 0 fully saturated rings. The Labute approximate surface area is 59.3 Å². The maximum Gasteiger partial charge on any atom is 0.0992 e. The standard InChI is InChI=1S/C7H4NS/c8-5-6-2-1-3-7(9)4-6/h1-2,4,9H. The predicted octanol–water partition coefficient (Wildman–Crippen LogP) is 1.65. The summed E-state index contributed by atoms with van der Waals surface area (Å²) in [5.74, 6) is 0. The first-order valence-electron chi connectivity index (χ1n) is 2.44. The van der Waals surface area contributed by atoms with Crippen LogP contribution in [0.2, 0.25) is 0 Å². The fraction of sp³-hybridized carbons (Fsp3) is 0. The van der Waals surface area contributed by atoms with Crippen LogP contribution in [0.15, 0.2) is 23.1 Å². The van der Waals surface area contributed by atoms with Crippen LogP contribution in [0.5, 0.6) is 0 Å². The maximum atomic E-state index is 8.36. The lowest BCUT2D eigenvalue weighted by atomic mass is 10.2. The van der Waals surface area contributed by atoms with Gasteiger partial charge in [0.15, 0.2) is 0 Å². The van der Waals surface area contributed by atoms with Gasteiger partial charge in [-0.1, -0.05) is 6.07 Å². The molecule has 0 unspecified atom stereocenters. The largest absolute Gasteiger partial charge is 0.192 e. The minimum atomic E-state index is 0.624. The van der Waals surface area contributed by atoms with E-state index >= 15 is 0 Å². The van der Waals surface area contributed by atoms with E-state index in [0.717, 1.165) is 0 Å². The van der Waals surface area contributed by atoms with Crippen molar-refractivity contribution in [3.8, 4) is 6.07 Å². The molecule has 1 aromatic rings. The molecule has 0 saturated carbocycles. The predicted molar refractivity (Wildman–Crippen MR) is 37.2 cm³/mol. The van der Waals surface area contributed by atoms with Gasteiger partial charge in [0.05, 0.1) is 11.6 Å². The minimum Gasteiger partial charge on any atom is -0.192 e. The Kier molecular flexibility index (Phi) is 1.76. The molecule has 0 saturated heterocycles. The summed E-state index contributed by atoms with van der Waals surface area (Å²) in [4.78, 5) is 0.703. The summed E-state index contributed by atoms with van der Waals surface area (Å²) >= 11 is 4.00. The molecular weight excluding hydrogens is 130 g/mol. The maximum absolute atomic E-state index is 8.36.